The molecule has 2 aliphatic rings. The lowest BCUT2D eigenvalue weighted by molar-refractivity contribution is -0.141. The zero-order valence-corrected chi connectivity index (χ0v) is 13.3. The minimum atomic E-state index is -0.882. The van der Waals surface area contributed by atoms with Gasteiger partial charge >= 0.3 is 5.97 Å². The number of carboxylic acids is 1. The Bertz CT molecular complexity index is 574. The molecule has 0 aromatic heterocycles. The average molecular weight is 352 g/mol. The Labute approximate surface area is 132 Å². The Balaban J connectivity index is 1.92. The van der Waals surface area contributed by atoms with E-state index in [2.05, 4.69) is 15.9 Å². The molecular formula is C16H18BrNO3. The maximum absolute atomic E-state index is 12.8. The van der Waals surface area contributed by atoms with Crippen molar-refractivity contribution in [1.29, 1.82) is 0 Å². The Morgan fingerprint density at radius 1 is 1.24 bits per heavy atom. The third-order valence-electron chi connectivity index (χ3n) is 4.68. The van der Waals surface area contributed by atoms with Crippen LogP contribution >= 0.6 is 15.9 Å². The Hall–Kier alpha value is -1.36. The highest BCUT2D eigenvalue weighted by Gasteiger charge is 2.47. The van der Waals surface area contributed by atoms with Gasteiger partial charge in [-0.05, 0) is 43.4 Å². The van der Waals surface area contributed by atoms with E-state index in [4.69, 9.17) is 0 Å². The van der Waals surface area contributed by atoms with Crippen LogP contribution in [0.2, 0.25) is 0 Å². The summed E-state index contributed by atoms with van der Waals surface area (Å²) in [7, 11) is 0. The number of hydrogen-bond acceptors (Lipinski definition) is 2. The van der Waals surface area contributed by atoms with Crippen molar-refractivity contribution in [3.05, 3.63) is 34.3 Å². The van der Waals surface area contributed by atoms with Gasteiger partial charge in [-0.25, -0.2) is 4.79 Å². The van der Waals surface area contributed by atoms with E-state index in [-0.39, 0.29) is 11.9 Å². The predicted octanol–water partition coefficient (Wildman–Crippen LogP) is 3.31. The standard InChI is InChI=1S/C16H18BrNO3/c17-12-6-3-5-11(8-12)15(19)18-13-7-2-1-4-10(13)9-14(18)16(20)21/h3,5-6,8,10,13-14H,1-2,4,7,9H2,(H,20,21). The zero-order valence-electron chi connectivity index (χ0n) is 11.7. The second-order valence-electron chi connectivity index (χ2n) is 5.92. The van der Waals surface area contributed by atoms with E-state index < -0.39 is 12.0 Å². The summed E-state index contributed by atoms with van der Waals surface area (Å²) >= 11 is 3.36. The molecule has 1 amide bonds. The number of carbonyl (C=O) groups excluding carboxylic acids is 1. The molecule has 0 spiro atoms. The topological polar surface area (TPSA) is 57.6 Å². The van der Waals surface area contributed by atoms with Crippen LogP contribution < -0.4 is 0 Å². The molecule has 3 unspecified atom stereocenters. The van der Waals surface area contributed by atoms with Gasteiger partial charge in [0.2, 0.25) is 0 Å². The van der Waals surface area contributed by atoms with E-state index in [0.29, 0.717) is 17.9 Å². The molecule has 1 aliphatic heterocycles. The number of carbonyl (C=O) groups is 2. The maximum atomic E-state index is 12.8. The summed E-state index contributed by atoms with van der Waals surface area (Å²) in [5.74, 6) is -0.693. The number of halogens is 1. The maximum Gasteiger partial charge on any atom is 0.326 e. The number of benzene rings is 1. The highest BCUT2D eigenvalue weighted by molar-refractivity contribution is 9.10. The van der Waals surface area contributed by atoms with Crippen LogP contribution in [-0.4, -0.2) is 34.0 Å². The smallest absolute Gasteiger partial charge is 0.326 e. The number of aliphatic carboxylic acids is 1. The van der Waals surface area contributed by atoms with Crippen LogP contribution in [-0.2, 0) is 4.79 Å². The van der Waals surface area contributed by atoms with Gasteiger partial charge in [-0.2, -0.15) is 0 Å². The molecule has 1 saturated carbocycles. The first-order chi connectivity index (χ1) is 10.1. The molecule has 1 aromatic rings. The van der Waals surface area contributed by atoms with E-state index >= 15 is 0 Å². The van der Waals surface area contributed by atoms with Crippen LogP contribution in [0.3, 0.4) is 0 Å². The zero-order chi connectivity index (χ0) is 15.0. The van der Waals surface area contributed by atoms with Crippen LogP contribution in [0, 0.1) is 5.92 Å². The van der Waals surface area contributed by atoms with Gasteiger partial charge in [0.25, 0.3) is 5.91 Å². The number of amides is 1. The summed E-state index contributed by atoms with van der Waals surface area (Å²) in [6.45, 7) is 0. The number of nitrogens with zero attached hydrogens (tertiary/aromatic N) is 1. The molecule has 1 saturated heterocycles. The highest BCUT2D eigenvalue weighted by atomic mass is 79.9. The summed E-state index contributed by atoms with van der Waals surface area (Å²) in [6.07, 6.45) is 4.78. The fourth-order valence-electron chi connectivity index (χ4n) is 3.74. The van der Waals surface area contributed by atoms with Crippen molar-refractivity contribution in [2.75, 3.05) is 0 Å². The third-order valence-corrected chi connectivity index (χ3v) is 5.17. The molecule has 3 atom stereocenters. The van der Waals surface area contributed by atoms with Crippen molar-refractivity contribution in [2.24, 2.45) is 5.92 Å². The molecule has 1 aliphatic carbocycles. The lowest BCUT2D eigenvalue weighted by Gasteiger charge is -2.33. The summed E-state index contributed by atoms with van der Waals surface area (Å²) < 4.78 is 0.833. The molecule has 1 N–H and O–H groups in total. The van der Waals surface area contributed by atoms with Crippen molar-refractivity contribution in [1.82, 2.24) is 4.90 Å². The molecule has 112 valence electrons. The quantitative estimate of drug-likeness (QED) is 0.889. The van der Waals surface area contributed by atoms with Crippen LogP contribution in [0.1, 0.15) is 42.5 Å². The molecule has 4 nitrogen and oxygen atoms in total. The first kappa shape index (κ1) is 14.6. The van der Waals surface area contributed by atoms with Gasteiger partial charge in [0, 0.05) is 16.1 Å². The van der Waals surface area contributed by atoms with E-state index in [9.17, 15) is 14.7 Å². The Morgan fingerprint density at radius 3 is 2.71 bits per heavy atom. The lowest BCUT2D eigenvalue weighted by atomic mass is 9.84. The van der Waals surface area contributed by atoms with E-state index in [1.165, 1.54) is 0 Å². The molecular weight excluding hydrogens is 334 g/mol. The van der Waals surface area contributed by atoms with Crippen LogP contribution in [0.4, 0.5) is 0 Å². The number of rotatable bonds is 2. The third kappa shape index (κ3) is 2.71. The largest absolute Gasteiger partial charge is 0.480 e. The molecule has 5 heteroatoms. The lowest BCUT2D eigenvalue weighted by Crippen LogP contribution is -2.46. The van der Waals surface area contributed by atoms with Crippen molar-refractivity contribution < 1.29 is 14.7 Å². The monoisotopic (exact) mass is 351 g/mol. The predicted molar refractivity (Wildman–Crippen MR) is 82.1 cm³/mol. The summed E-state index contributed by atoms with van der Waals surface area (Å²) in [6, 6.07) is 6.59. The van der Waals surface area contributed by atoms with Gasteiger partial charge in [0.1, 0.15) is 6.04 Å². The Morgan fingerprint density at radius 2 is 2.00 bits per heavy atom. The van der Waals surface area contributed by atoms with Gasteiger partial charge < -0.3 is 10.0 Å². The van der Waals surface area contributed by atoms with Gasteiger partial charge in [0.15, 0.2) is 0 Å². The second kappa shape index (κ2) is 5.79. The normalized spacial score (nSPS) is 28.2. The molecule has 2 fully saturated rings. The number of carboxylic acid groups (broad SMARTS) is 1. The SMILES string of the molecule is O=C(O)C1CC2CCCCC2N1C(=O)c1cccc(Br)c1. The number of likely N-dealkylation sites (tertiary alicyclic amines) is 1. The van der Waals surface area contributed by atoms with E-state index in [1.807, 2.05) is 12.1 Å². The number of hydrogen-bond donors (Lipinski definition) is 1. The van der Waals surface area contributed by atoms with Crippen LogP contribution in [0.25, 0.3) is 0 Å². The van der Waals surface area contributed by atoms with Crippen LogP contribution in [0.5, 0.6) is 0 Å². The molecule has 0 radical (unpaired) electrons. The average Bonchev–Trinajstić information content (AvgIpc) is 2.86. The van der Waals surface area contributed by atoms with Crippen molar-refractivity contribution in [3.63, 3.8) is 0 Å². The van der Waals surface area contributed by atoms with Crippen molar-refractivity contribution in [2.45, 2.75) is 44.2 Å². The summed E-state index contributed by atoms with van der Waals surface area (Å²) in [5.41, 5.74) is 0.557. The molecule has 1 heterocycles. The first-order valence-electron chi connectivity index (χ1n) is 7.39. The number of fused-ring (bicyclic) bond motifs is 1. The van der Waals surface area contributed by atoms with Gasteiger partial charge in [-0.1, -0.05) is 34.8 Å². The minimum absolute atomic E-state index is 0.0892. The van der Waals surface area contributed by atoms with Gasteiger partial charge in [-0.15, -0.1) is 0 Å². The highest BCUT2D eigenvalue weighted by Crippen LogP contribution is 2.40. The molecule has 1 aromatic carbocycles. The fourth-order valence-corrected chi connectivity index (χ4v) is 4.14. The first-order valence-corrected chi connectivity index (χ1v) is 8.18. The van der Waals surface area contributed by atoms with Crippen molar-refractivity contribution in [3.8, 4) is 0 Å². The van der Waals surface area contributed by atoms with E-state index in [0.717, 1.165) is 30.2 Å². The molecule has 0 bridgehead atoms. The molecule has 21 heavy (non-hydrogen) atoms. The second-order valence-corrected chi connectivity index (χ2v) is 6.84. The van der Waals surface area contributed by atoms with E-state index in [1.54, 1.807) is 17.0 Å². The van der Waals surface area contributed by atoms with Crippen LogP contribution in [0.15, 0.2) is 28.7 Å². The summed E-state index contributed by atoms with van der Waals surface area (Å²) in [5, 5.41) is 9.48. The van der Waals surface area contributed by atoms with Crippen molar-refractivity contribution >= 4 is 27.8 Å². The molecule has 3 rings (SSSR count). The fraction of sp³-hybridized carbons (Fsp3) is 0.500. The Kier molecular flexibility index (Phi) is 4.02. The van der Waals surface area contributed by atoms with Gasteiger partial charge in [-0.3, -0.25) is 4.79 Å². The summed E-state index contributed by atoms with van der Waals surface area (Å²) in [4.78, 5) is 26.0. The minimum Gasteiger partial charge on any atom is -0.480 e. The van der Waals surface area contributed by atoms with Gasteiger partial charge in [0.05, 0.1) is 0 Å².